The van der Waals surface area contributed by atoms with E-state index in [1.165, 1.54) is 97.6 Å². The minimum atomic E-state index is 0.727. The Hall–Kier alpha value is -1.37. The molecule has 0 aliphatic heterocycles. The van der Waals surface area contributed by atoms with Crippen molar-refractivity contribution in [2.24, 2.45) is 23.7 Å². The summed E-state index contributed by atoms with van der Waals surface area (Å²) in [5.41, 5.74) is 10.4. The highest BCUT2D eigenvalue weighted by atomic mass is 19.1. The average molecular weight is 439 g/mol. The van der Waals surface area contributed by atoms with Gasteiger partial charge in [-0.25, -0.2) is 4.39 Å². The van der Waals surface area contributed by atoms with Crippen LogP contribution in [0.25, 0.3) is 6.08 Å². The molecule has 0 bridgehead atoms. The van der Waals surface area contributed by atoms with Gasteiger partial charge in [0, 0.05) is 0 Å². The SMILES string of the molecule is C/C(=C\c1c(C)c(C)c(C)c(C)c1C)C1CCC(CCC2CCC(C/C=C/F)CC2)CC1. The Morgan fingerprint density at radius 2 is 1.12 bits per heavy atom. The fourth-order valence-electron chi connectivity index (χ4n) is 6.47. The van der Waals surface area contributed by atoms with Crippen LogP contribution in [0.5, 0.6) is 0 Å². The molecule has 2 aliphatic carbocycles. The fraction of sp³-hybridized carbons (Fsp3) is 0.677. The maximum absolute atomic E-state index is 12.2. The van der Waals surface area contributed by atoms with Gasteiger partial charge in [-0.05, 0) is 144 Å². The number of rotatable bonds is 7. The zero-order valence-electron chi connectivity index (χ0n) is 21.7. The largest absolute Gasteiger partial charge is 0.216 e. The molecule has 32 heavy (non-hydrogen) atoms. The molecule has 2 saturated carbocycles. The average Bonchev–Trinajstić information content (AvgIpc) is 2.82. The molecule has 1 aromatic rings. The highest BCUT2D eigenvalue weighted by Gasteiger charge is 2.25. The molecule has 3 rings (SSSR count). The number of hydrogen-bond acceptors (Lipinski definition) is 0. The normalized spacial score (nSPS) is 27.3. The van der Waals surface area contributed by atoms with Crippen molar-refractivity contribution in [2.45, 2.75) is 112 Å². The predicted octanol–water partition coefficient (Wildman–Crippen LogP) is 9.90. The third kappa shape index (κ3) is 6.15. The summed E-state index contributed by atoms with van der Waals surface area (Å²) in [5, 5.41) is 0. The summed E-state index contributed by atoms with van der Waals surface area (Å²) >= 11 is 0. The molecular formula is C31H47F. The lowest BCUT2D eigenvalue weighted by Crippen LogP contribution is -2.18. The number of allylic oxidation sites excluding steroid dienone is 2. The highest BCUT2D eigenvalue weighted by molar-refractivity contribution is 5.65. The molecule has 0 radical (unpaired) electrons. The highest BCUT2D eigenvalue weighted by Crippen LogP contribution is 2.39. The smallest absolute Gasteiger partial charge is 0.0827 e. The van der Waals surface area contributed by atoms with Crippen LogP contribution in [0, 0.1) is 58.3 Å². The van der Waals surface area contributed by atoms with E-state index in [1.54, 1.807) is 11.6 Å². The molecule has 1 aromatic carbocycles. The second kappa shape index (κ2) is 11.7. The van der Waals surface area contributed by atoms with E-state index in [2.05, 4.69) is 47.6 Å². The Bertz CT molecular complexity index is 782. The third-order valence-electron chi connectivity index (χ3n) is 9.43. The van der Waals surface area contributed by atoms with Gasteiger partial charge in [-0.2, -0.15) is 0 Å². The van der Waals surface area contributed by atoms with Gasteiger partial charge in [0.2, 0.25) is 0 Å². The fourth-order valence-corrected chi connectivity index (χ4v) is 6.47. The van der Waals surface area contributed by atoms with Gasteiger partial charge in [0.05, 0.1) is 6.33 Å². The van der Waals surface area contributed by atoms with Crippen LogP contribution in [0.4, 0.5) is 4.39 Å². The lowest BCUT2D eigenvalue weighted by molar-refractivity contribution is 0.225. The van der Waals surface area contributed by atoms with Gasteiger partial charge in [0.25, 0.3) is 0 Å². The van der Waals surface area contributed by atoms with Crippen molar-refractivity contribution in [2.75, 3.05) is 0 Å². The van der Waals surface area contributed by atoms with Crippen molar-refractivity contribution in [3.8, 4) is 0 Å². The van der Waals surface area contributed by atoms with Gasteiger partial charge in [-0.3, -0.25) is 0 Å². The quantitative estimate of drug-likeness (QED) is 0.397. The maximum Gasteiger partial charge on any atom is 0.0827 e. The summed E-state index contributed by atoms with van der Waals surface area (Å²) in [6.07, 6.45) is 19.7. The second-order valence-corrected chi connectivity index (χ2v) is 11.2. The summed E-state index contributed by atoms with van der Waals surface area (Å²) in [6, 6.07) is 0. The van der Waals surface area contributed by atoms with Gasteiger partial charge in [-0.1, -0.05) is 43.4 Å². The van der Waals surface area contributed by atoms with Crippen LogP contribution in [0.2, 0.25) is 0 Å². The van der Waals surface area contributed by atoms with Crippen LogP contribution < -0.4 is 0 Å². The molecule has 178 valence electrons. The Kier molecular flexibility index (Phi) is 9.21. The van der Waals surface area contributed by atoms with Crippen molar-refractivity contribution in [1.29, 1.82) is 0 Å². The van der Waals surface area contributed by atoms with E-state index >= 15 is 0 Å². The first kappa shape index (κ1) is 25.3. The van der Waals surface area contributed by atoms with Crippen molar-refractivity contribution in [1.82, 2.24) is 0 Å². The van der Waals surface area contributed by atoms with E-state index < -0.39 is 0 Å². The summed E-state index contributed by atoms with van der Waals surface area (Å²) < 4.78 is 12.2. The van der Waals surface area contributed by atoms with E-state index in [4.69, 9.17) is 0 Å². The van der Waals surface area contributed by atoms with Gasteiger partial charge >= 0.3 is 0 Å². The van der Waals surface area contributed by atoms with Crippen LogP contribution in [0.1, 0.15) is 111 Å². The summed E-state index contributed by atoms with van der Waals surface area (Å²) in [4.78, 5) is 0. The molecule has 2 fully saturated rings. The Morgan fingerprint density at radius 1 is 0.688 bits per heavy atom. The topological polar surface area (TPSA) is 0 Å². The number of benzene rings is 1. The Labute approximate surface area is 197 Å². The molecule has 0 spiro atoms. The molecule has 0 nitrogen and oxygen atoms in total. The molecular weight excluding hydrogens is 391 g/mol. The Balaban J connectivity index is 1.48. The van der Waals surface area contributed by atoms with Crippen LogP contribution >= 0.6 is 0 Å². The zero-order valence-corrected chi connectivity index (χ0v) is 21.7. The molecule has 0 unspecified atom stereocenters. The molecule has 0 N–H and O–H groups in total. The van der Waals surface area contributed by atoms with Gasteiger partial charge in [-0.15, -0.1) is 0 Å². The molecule has 0 aromatic heterocycles. The molecule has 0 atom stereocenters. The third-order valence-corrected chi connectivity index (χ3v) is 9.43. The monoisotopic (exact) mass is 438 g/mol. The predicted molar refractivity (Wildman–Crippen MR) is 139 cm³/mol. The van der Waals surface area contributed by atoms with Crippen LogP contribution in [0.15, 0.2) is 18.0 Å². The first-order valence-electron chi connectivity index (χ1n) is 13.3. The minimum Gasteiger partial charge on any atom is -0.216 e. The van der Waals surface area contributed by atoms with E-state index in [0.29, 0.717) is 0 Å². The second-order valence-electron chi connectivity index (χ2n) is 11.2. The molecule has 0 saturated heterocycles. The lowest BCUT2D eigenvalue weighted by atomic mass is 9.74. The van der Waals surface area contributed by atoms with E-state index in [1.807, 2.05) is 0 Å². The van der Waals surface area contributed by atoms with Crippen molar-refractivity contribution < 1.29 is 4.39 Å². The van der Waals surface area contributed by atoms with Gasteiger partial charge in [0.1, 0.15) is 0 Å². The molecule has 0 heterocycles. The first-order valence-corrected chi connectivity index (χ1v) is 13.3. The summed E-state index contributed by atoms with van der Waals surface area (Å²) in [5.74, 6) is 3.38. The van der Waals surface area contributed by atoms with Crippen molar-refractivity contribution in [3.05, 3.63) is 51.4 Å². The van der Waals surface area contributed by atoms with Gasteiger partial charge < -0.3 is 0 Å². The standard InChI is InChI=1S/C31H47F/c1-21(20-31-25(5)23(3)22(2)24(4)26(31)6)30-17-15-29(16-18-30)14-13-28-11-9-27(10-12-28)8-7-19-32/h7,19-20,27-30H,8-18H2,1-6H3/b19-7+,21-20+. The summed E-state index contributed by atoms with van der Waals surface area (Å²) in [6.45, 7) is 13.8. The molecule has 2 aliphatic rings. The lowest BCUT2D eigenvalue weighted by Gasteiger charge is -2.32. The van der Waals surface area contributed by atoms with Crippen LogP contribution in [-0.4, -0.2) is 0 Å². The van der Waals surface area contributed by atoms with Crippen molar-refractivity contribution >= 4 is 6.08 Å². The molecule has 1 heteroatoms. The van der Waals surface area contributed by atoms with E-state index in [-0.39, 0.29) is 0 Å². The van der Waals surface area contributed by atoms with Crippen LogP contribution in [-0.2, 0) is 0 Å². The van der Waals surface area contributed by atoms with E-state index in [9.17, 15) is 4.39 Å². The van der Waals surface area contributed by atoms with E-state index in [0.717, 1.165) is 36.4 Å². The Morgan fingerprint density at radius 3 is 1.62 bits per heavy atom. The molecule has 0 amide bonds. The van der Waals surface area contributed by atoms with Crippen molar-refractivity contribution in [3.63, 3.8) is 0 Å². The van der Waals surface area contributed by atoms with Gasteiger partial charge in [0.15, 0.2) is 0 Å². The van der Waals surface area contributed by atoms with Crippen LogP contribution in [0.3, 0.4) is 0 Å². The zero-order chi connectivity index (χ0) is 23.3. The first-order chi connectivity index (χ1) is 15.3. The summed E-state index contributed by atoms with van der Waals surface area (Å²) in [7, 11) is 0. The maximum atomic E-state index is 12.2. The number of hydrogen-bond donors (Lipinski definition) is 0. The minimum absolute atomic E-state index is 0.727. The number of halogens is 1.